The minimum absolute atomic E-state index is 0.416. The van der Waals surface area contributed by atoms with Gasteiger partial charge in [-0.2, -0.15) is 0 Å². The summed E-state index contributed by atoms with van der Waals surface area (Å²) in [7, 11) is 0. The maximum absolute atomic E-state index is 6.01. The highest BCUT2D eigenvalue weighted by Crippen LogP contribution is 2.25. The zero-order valence-corrected chi connectivity index (χ0v) is 10.2. The van der Waals surface area contributed by atoms with E-state index in [4.69, 9.17) is 16.0 Å². The number of fused-ring (bicyclic) bond motifs is 1. The van der Waals surface area contributed by atoms with E-state index in [1.54, 1.807) is 12.5 Å². The van der Waals surface area contributed by atoms with Crippen LogP contribution in [-0.4, -0.2) is 10.2 Å². The van der Waals surface area contributed by atoms with Crippen molar-refractivity contribution in [2.75, 3.05) is 5.32 Å². The molecule has 2 heterocycles. The lowest BCUT2D eigenvalue weighted by atomic mass is 10.2. The van der Waals surface area contributed by atoms with E-state index in [2.05, 4.69) is 15.5 Å². The Kier molecular flexibility index (Phi) is 2.86. The van der Waals surface area contributed by atoms with Crippen LogP contribution in [0.5, 0.6) is 0 Å². The number of halogens is 1. The summed E-state index contributed by atoms with van der Waals surface area (Å²) in [5.74, 6) is 0.719. The second kappa shape index (κ2) is 4.66. The minimum Gasteiger partial charge on any atom is -0.472 e. The van der Waals surface area contributed by atoms with Gasteiger partial charge in [-0.3, -0.25) is 0 Å². The average Bonchev–Trinajstić information content (AvgIpc) is 2.92. The van der Waals surface area contributed by atoms with Crippen LogP contribution in [0.25, 0.3) is 10.8 Å². The van der Waals surface area contributed by atoms with Crippen molar-refractivity contribution in [1.82, 2.24) is 10.2 Å². The maximum Gasteiger partial charge on any atom is 0.159 e. The molecule has 0 spiro atoms. The zero-order valence-electron chi connectivity index (χ0n) is 9.43. The topological polar surface area (TPSA) is 51.0 Å². The first-order valence-corrected chi connectivity index (χ1v) is 5.88. The summed E-state index contributed by atoms with van der Waals surface area (Å²) in [6.07, 6.45) is 3.33. The summed E-state index contributed by atoms with van der Waals surface area (Å²) in [5, 5.41) is 13.5. The summed E-state index contributed by atoms with van der Waals surface area (Å²) >= 11 is 6.01. The summed E-state index contributed by atoms with van der Waals surface area (Å²) < 4.78 is 5.01. The Morgan fingerprint density at radius 3 is 2.72 bits per heavy atom. The summed E-state index contributed by atoms with van der Waals surface area (Å²) in [6, 6.07) is 9.67. The van der Waals surface area contributed by atoms with Gasteiger partial charge in [0.25, 0.3) is 0 Å². The lowest BCUT2D eigenvalue weighted by Crippen LogP contribution is -2.02. The van der Waals surface area contributed by atoms with Gasteiger partial charge in [-0.15, -0.1) is 10.2 Å². The first kappa shape index (κ1) is 11.0. The number of nitrogens with one attached hydrogen (secondary N) is 1. The first-order valence-electron chi connectivity index (χ1n) is 5.50. The third-order valence-electron chi connectivity index (χ3n) is 2.68. The molecule has 0 aliphatic heterocycles. The number of benzene rings is 1. The molecule has 0 aliphatic carbocycles. The molecule has 0 saturated heterocycles. The van der Waals surface area contributed by atoms with Gasteiger partial charge in [-0.25, -0.2) is 0 Å². The van der Waals surface area contributed by atoms with Gasteiger partial charge in [0.1, 0.15) is 0 Å². The fourth-order valence-corrected chi connectivity index (χ4v) is 1.98. The number of rotatable bonds is 3. The molecule has 5 heteroatoms. The molecule has 0 aliphatic rings. The van der Waals surface area contributed by atoms with Crippen molar-refractivity contribution in [3.8, 4) is 0 Å². The molecule has 18 heavy (non-hydrogen) atoms. The molecule has 0 fully saturated rings. The van der Waals surface area contributed by atoms with Crippen LogP contribution in [-0.2, 0) is 6.54 Å². The standard InChI is InChI=1S/C13H10ClN3O/c14-12-10-3-1-2-4-11(10)13(17-16-12)15-7-9-5-6-18-8-9/h1-6,8H,7H2,(H,15,17). The van der Waals surface area contributed by atoms with Gasteiger partial charge in [0, 0.05) is 22.9 Å². The second-order valence-corrected chi connectivity index (χ2v) is 4.23. The molecule has 0 atom stereocenters. The molecule has 1 N–H and O–H groups in total. The van der Waals surface area contributed by atoms with Crippen LogP contribution < -0.4 is 5.32 Å². The number of aromatic nitrogens is 2. The van der Waals surface area contributed by atoms with E-state index in [9.17, 15) is 0 Å². The highest BCUT2D eigenvalue weighted by molar-refractivity contribution is 6.34. The number of nitrogens with zero attached hydrogens (tertiary/aromatic N) is 2. The second-order valence-electron chi connectivity index (χ2n) is 3.87. The Labute approximate surface area is 109 Å². The number of hydrogen-bond acceptors (Lipinski definition) is 4. The normalized spacial score (nSPS) is 10.7. The van der Waals surface area contributed by atoms with Crippen LogP contribution in [0.2, 0.25) is 5.15 Å². The fourth-order valence-electron chi connectivity index (χ4n) is 1.78. The number of anilines is 1. The Morgan fingerprint density at radius 2 is 1.94 bits per heavy atom. The van der Waals surface area contributed by atoms with E-state index in [1.807, 2.05) is 30.3 Å². The van der Waals surface area contributed by atoms with Crippen LogP contribution in [0.1, 0.15) is 5.56 Å². The molecule has 0 radical (unpaired) electrons. The molecule has 3 aromatic rings. The molecule has 0 amide bonds. The molecule has 0 saturated carbocycles. The van der Waals surface area contributed by atoms with E-state index >= 15 is 0 Å². The third kappa shape index (κ3) is 2.02. The van der Waals surface area contributed by atoms with Crippen molar-refractivity contribution in [3.63, 3.8) is 0 Å². The summed E-state index contributed by atoms with van der Waals surface area (Å²) in [5.41, 5.74) is 1.05. The van der Waals surface area contributed by atoms with Gasteiger partial charge < -0.3 is 9.73 Å². The van der Waals surface area contributed by atoms with Gasteiger partial charge >= 0.3 is 0 Å². The molecule has 4 nitrogen and oxygen atoms in total. The first-order chi connectivity index (χ1) is 8.84. The third-order valence-corrected chi connectivity index (χ3v) is 2.96. The quantitative estimate of drug-likeness (QED) is 0.782. The van der Waals surface area contributed by atoms with Gasteiger partial charge in [-0.05, 0) is 6.07 Å². The Hall–Kier alpha value is -2.07. The highest BCUT2D eigenvalue weighted by atomic mass is 35.5. The van der Waals surface area contributed by atoms with Crippen molar-refractivity contribution in [3.05, 3.63) is 53.6 Å². The predicted molar refractivity (Wildman–Crippen MR) is 70.6 cm³/mol. The molecule has 1 aromatic carbocycles. The molecule has 90 valence electrons. The van der Waals surface area contributed by atoms with Gasteiger partial charge in [0.05, 0.1) is 12.5 Å². The molecular formula is C13H10ClN3O. The van der Waals surface area contributed by atoms with Crippen molar-refractivity contribution >= 4 is 28.2 Å². The molecular weight excluding hydrogens is 250 g/mol. The zero-order chi connectivity index (χ0) is 12.4. The van der Waals surface area contributed by atoms with Crippen molar-refractivity contribution in [2.45, 2.75) is 6.54 Å². The maximum atomic E-state index is 6.01. The van der Waals surface area contributed by atoms with E-state index in [1.165, 1.54) is 0 Å². The van der Waals surface area contributed by atoms with Crippen LogP contribution >= 0.6 is 11.6 Å². The van der Waals surface area contributed by atoms with Crippen LogP contribution in [0.15, 0.2) is 47.3 Å². The summed E-state index contributed by atoms with van der Waals surface area (Å²) in [4.78, 5) is 0. The SMILES string of the molecule is Clc1nnc(NCc2ccoc2)c2ccccc12. The van der Waals surface area contributed by atoms with Crippen molar-refractivity contribution < 1.29 is 4.42 Å². The lowest BCUT2D eigenvalue weighted by Gasteiger charge is -2.07. The summed E-state index contributed by atoms with van der Waals surface area (Å²) in [6.45, 7) is 0.636. The van der Waals surface area contributed by atoms with E-state index < -0.39 is 0 Å². The molecule has 2 aromatic heterocycles. The highest BCUT2D eigenvalue weighted by Gasteiger charge is 2.06. The molecule has 0 unspecified atom stereocenters. The Morgan fingerprint density at radius 1 is 1.11 bits per heavy atom. The molecule has 3 rings (SSSR count). The smallest absolute Gasteiger partial charge is 0.159 e. The van der Waals surface area contributed by atoms with Gasteiger partial charge in [-0.1, -0.05) is 35.9 Å². The van der Waals surface area contributed by atoms with Crippen molar-refractivity contribution in [1.29, 1.82) is 0 Å². The number of furan rings is 1. The minimum atomic E-state index is 0.416. The average molecular weight is 260 g/mol. The van der Waals surface area contributed by atoms with E-state index in [-0.39, 0.29) is 0 Å². The van der Waals surface area contributed by atoms with E-state index in [0.29, 0.717) is 11.7 Å². The largest absolute Gasteiger partial charge is 0.472 e. The predicted octanol–water partition coefficient (Wildman–Crippen LogP) is 3.49. The van der Waals surface area contributed by atoms with Crippen LogP contribution in [0.4, 0.5) is 5.82 Å². The molecule has 0 bridgehead atoms. The Balaban J connectivity index is 1.94. The van der Waals surface area contributed by atoms with Gasteiger partial charge in [0.15, 0.2) is 11.0 Å². The van der Waals surface area contributed by atoms with Crippen LogP contribution in [0, 0.1) is 0 Å². The van der Waals surface area contributed by atoms with E-state index in [0.717, 1.165) is 22.2 Å². The lowest BCUT2D eigenvalue weighted by molar-refractivity contribution is 0.564. The van der Waals surface area contributed by atoms with Crippen LogP contribution in [0.3, 0.4) is 0 Å². The Bertz CT molecular complexity index is 667. The van der Waals surface area contributed by atoms with Gasteiger partial charge in [0.2, 0.25) is 0 Å². The van der Waals surface area contributed by atoms with Crippen molar-refractivity contribution in [2.24, 2.45) is 0 Å². The fraction of sp³-hybridized carbons (Fsp3) is 0.0769. The number of hydrogen-bond donors (Lipinski definition) is 1. The monoisotopic (exact) mass is 259 g/mol.